The van der Waals surface area contributed by atoms with Gasteiger partial charge in [0.15, 0.2) is 0 Å². The third kappa shape index (κ3) is 1.82. The Hall–Kier alpha value is -1.68. The standard InChI is InChI=1S/C14H16FN3/c1-16-9-13-17-14(12-3-2-8-18(12)13)10-4-6-11(15)7-5-10/h4-7,16H,2-3,8-9H2,1H3. The molecule has 2 heterocycles. The molecular formula is C14H16FN3. The number of halogens is 1. The van der Waals surface area contributed by atoms with E-state index in [1.54, 1.807) is 12.1 Å². The minimum absolute atomic E-state index is 0.204. The topological polar surface area (TPSA) is 29.9 Å². The summed E-state index contributed by atoms with van der Waals surface area (Å²) in [5, 5.41) is 3.14. The molecule has 0 saturated carbocycles. The van der Waals surface area contributed by atoms with E-state index in [0.29, 0.717) is 0 Å². The van der Waals surface area contributed by atoms with E-state index >= 15 is 0 Å². The molecular weight excluding hydrogens is 229 g/mol. The van der Waals surface area contributed by atoms with E-state index in [1.165, 1.54) is 24.2 Å². The number of nitrogens with zero attached hydrogens (tertiary/aromatic N) is 2. The maximum Gasteiger partial charge on any atom is 0.123 e. The van der Waals surface area contributed by atoms with Crippen molar-refractivity contribution in [3.63, 3.8) is 0 Å². The molecule has 2 aromatic rings. The maximum atomic E-state index is 13.0. The van der Waals surface area contributed by atoms with Gasteiger partial charge < -0.3 is 9.88 Å². The Morgan fingerprint density at radius 3 is 2.83 bits per heavy atom. The molecule has 4 heteroatoms. The van der Waals surface area contributed by atoms with Crippen LogP contribution in [-0.2, 0) is 19.5 Å². The van der Waals surface area contributed by atoms with Crippen molar-refractivity contribution >= 4 is 0 Å². The minimum Gasteiger partial charge on any atom is -0.330 e. The molecule has 0 bridgehead atoms. The summed E-state index contributed by atoms with van der Waals surface area (Å²) in [5.41, 5.74) is 3.30. The lowest BCUT2D eigenvalue weighted by atomic mass is 10.1. The molecule has 0 atom stereocenters. The van der Waals surface area contributed by atoms with Gasteiger partial charge >= 0.3 is 0 Å². The van der Waals surface area contributed by atoms with Crippen LogP contribution < -0.4 is 5.32 Å². The fourth-order valence-electron chi connectivity index (χ4n) is 2.59. The normalized spacial score (nSPS) is 13.9. The summed E-state index contributed by atoms with van der Waals surface area (Å²) in [4.78, 5) is 4.70. The highest BCUT2D eigenvalue weighted by Gasteiger charge is 2.21. The molecule has 1 N–H and O–H groups in total. The van der Waals surface area contributed by atoms with Crippen molar-refractivity contribution in [2.75, 3.05) is 7.05 Å². The van der Waals surface area contributed by atoms with Crippen molar-refractivity contribution in [3.05, 3.63) is 41.6 Å². The molecule has 0 radical (unpaired) electrons. The average molecular weight is 245 g/mol. The maximum absolute atomic E-state index is 13.0. The minimum atomic E-state index is -0.204. The molecule has 0 amide bonds. The number of nitrogens with one attached hydrogen (secondary N) is 1. The number of benzene rings is 1. The smallest absolute Gasteiger partial charge is 0.123 e. The van der Waals surface area contributed by atoms with E-state index in [0.717, 1.165) is 36.6 Å². The van der Waals surface area contributed by atoms with Crippen LogP contribution in [0.5, 0.6) is 0 Å². The second kappa shape index (κ2) is 4.53. The molecule has 1 aliphatic rings. The lowest BCUT2D eigenvalue weighted by Gasteiger charge is -2.01. The van der Waals surface area contributed by atoms with E-state index in [2.05, 4.69) is 9.88 Å². The first-order chi connectivity index (χ1) is 8.79. The lowest BCUT2D eigenvalue weighted by Crippen LogP contribution is -2.11. The molecule has 3 nitrogen and oxygen atoms in total. The second-order valence-electron chi connectivity index (χ2n) is 4.62. The van der Waals surface area contributed by atoms with Gasteiger partial charge in [0.2, 0.25) is 0 Å². The van der Waals surface area contributed by atoms with Crippen LogP contribution in [0, 0.1) is 5.82 Å². The molecule has 3 rings (SSSR count). The van der Waals surface area contributed by atoms with Gasteiger partial charge in [0.1, 0.15) is 11.6 Å². The van der Waals surface area contributed by atoms with Gasteiger partial charge in [-0.05, 0) is 44.2 Å². The highest BCUT2D eigenvalue weighted by atomic mass is 19.1. The first kappa shape index (κ1) is 11.4. The van der Waals surface area contributed by atoms with Crippen molar-refractivity contribution < 1.29 is 4.39 Å². The summed E-state index contributed by atoms with van der Waals surface area (Å²) in [6.45, 7) is 1.81. The number of imidazole rings is 1. The molecule has 0 unspecified atom stereocenters. The first-order valence-electron chi connectivity index (χ1n) is 6.28. The van der Waals surface area contributed by atoms with Crippen LogP contribution in [0.1, 0.15) is 17.9 Å². The highest BCUT2D eigenvalue weighted by molar-refractivity contribution is 5.63. The summed E-state index contributed by atoms with van der Waals surface area (Å²) in [5.74, 6) is 0.870. The van der Waals surface area contributed by atoms with Crippen molar-refractivity contribution in [2.24, 2.45) is 0 Å². The fourth-order valence-corrected chi connectivity index (χ4v) is 2.59. The molecule has 1 aromatic carbocycles. The Balaban J connectivity index is 2.07. The zero-order valence-corrected chi connectivity index (χ0v) is 10.4. The Morgan fingerprint density at radius 1 is 1.33 bits per heavy atom. The summed E-state index contributed by atoms with van der Waals surface area (Å²) < 4.78 is 15.3. The molecule has 1 aliphatic heterocycles. The predicted octanol–water partition coefficient (Wildman–Crippen LogP) is 2.35. The Bertz CT molecular complexity index is 557. The van der Waals surface area contributed by atoms with Gasteiger partial charge in [0.05, 0.1) is 12.2 Å². The lowest BCUT2D eigenvalue weighted by molar-refractivity contribution is 0.628. The molecule has 0 saturated heterocycles. The van der Waals surface area contributed by atoms with E-state index in [1.807, 2.05) is 7.05 Å². The highest BCUT2D eigenvalue weighted by Crippen LogP contribution is 2.29. The number of aromatic nitrogens is 2. The van der Waals surface area contributed by atoms with E-state index in [9.17, 15) is 4.39 Å². The van der Waals surface area contributed by atoms with Gasteiger partial charge in [-0.3, -0.25) is 0 Å². The summed E-state index contributed by atoms with van der Waals surface area (Å²) in [7, 11) is 1.92. The van der Waals surface area contributed by atoms with E-state index in [4.69, 9.17) is 4.98 Å². The van der Waals surface area contributed by atoms with Crippen molar-refractivity contribution in [1.29, 1.82) is 0 Å². The SMILES string of the molecule is CNCc1nc(-c2ccc(F)cc2)c2n1CCC2. The van der Waals surface area contributed by atoms with Gasteiger partial charge in [0, 0.05) is 17.8 Å². The molecule has 94 valence electrons. The molecule has 1 aromatic heterocycles. The third-order valence-electron chi connectivity index (χ3n) is 3.40. The number of hydrogen-bond acceptors (Lipinski definition) is 2. The van der Waals surface area contributed by atoms with Crippen LogP contribution in [0.3, 0.4) is 0 Å². The predicted molar refractivity (Wildman–Crippen MR) is 68.7 cm³/mol. The molecule has 0 spiro atoms. The molecule has 0 fully saturated rings. The summed E-state index contributed by atoms with van der Waals surface area (Å²) in [6.07, 6.45) is 2.23. The monoisotopic (exact) mass is 245 g/mol. The third-order valence-corrected chi connectivity index (χ3v) is 3.40. The van der Waals surface area contributed by atoms with Crippen LogP contribution in [-0.4, -0.2) is 16.6 Å². The van der Waals surface area contributed by atoms with E-state index < -0.39 is 0 Å². The van der Waals surface area contributed by atoms with Gasteiger partial charge in [-0.2, -0.15) is 0 Å². The van der Waals surface area contributed by atoms with Crippen LogP contribution >= 0.6 is 0 Å². The first-order valence-corrected chi connectivity index (χ1v) is 6.28. The second-order valence-corrected chi connectivity index (χ2v) is 4.62. The van der Waals surface area contributed by atoms with Crippen LogP contribution in [0.4, 0.5) is 4.39 Å². The molecule has 0 aliphatic carbocycles. The Morgan fingerprint density at radius 2 is 2.11 bits per heavy atom. The van der Waals surface area contributed by atoms with Crippen LogP contribution in [0.25, 0.3) is 11.3 Å². The largest absolute Gasteiger partial charge is 0.330 e. The van der Waals surface area contributed by atoms with Crippen molar-refractivity contribution in [3.8, 4) is 11.3 Å². The van der Waals surface area contributed by atoms with Gasteiger partial charge in [-0.1, -0.05) is 0 Å². The van der Waals surface area contributed by atoms with Gasteiger partial charge in [0.25, 0.3) is 0 Å². The Labute approximate surface area is 106 Å². The van der Waals surface area contributed by atoms with Crippen molar-refractivity contribution in [2.45, 2.75) is 25.9 Å². The van der Waals surface area contributed by atoms with E-state index in [-0.39, 0.29) is 5.82 Å². The zero-order valence-electron chi connectivity index (χ0n) is 10.4. The van der Waals surface area contributed by atoms with Gasteiger partial charge in [-0.25, -0.2) is 9.37 Å². The fraction of sp³-hybridized carbons (Fsp3) is 0.357. The Kier molecular flexibility index (Phi) is 2.88. The van der Waals surface area contributed by atoms with Crippen LogP contribution in [0.2, 0.25) is 0 Å². The van der Waals surface area contributed by atoms with Crippen LogP contribution in [0.15, 0.2) is 24.3 Å². The average Bonchev–Trinajstić information content (AvgIpc) is 2.95. The summed E-state index contributed by atoms with van der Waals surface area (Å²) >= 11 is 0. The number of hydrogen-bond donors (Lipinski definition) is 1. The quantitative estimate of drug-likeness (QED) is 0.899. The molecule has 18 heavy (non-hydrogen) atoms. The summed E-state index contributed by atoms with van der Waals surface area (Å²) in [6, 6.07) is 6.60. The number of rotatable bonds is 3. The van der Waals surface area contributed by atoms with Gasteiger partial charge in [-0.15, -0.1) is 0 Å². The zero-order chi connectivity index (χ0) is 12.5. The number of fused-ring (bicyclic) bond motifs is 1. The van der Waals surface area contributed by atoms with Crippen molar-refractivity contribution in [1.82, 2.24) is 14.9 Å².